The van der Waals surface area contributed by atoms with Crippen molar-refractivity contribution in [2.24, 2.45) is 0 Å². The van der Waals surface area contributed by atoms with Crippen LogP contribution < -0.4 is 0 Å². The Labute approximate surface area is 114 Å². The summed E-state index contributed by atoms with van der Waals surface area (Å²) in [6.07, 6.45) is 1.45. The van der Waals surface area contributed by atoms with Crippen LogP contribution in [0.3, 0.4) is 0 Å². The summed E-state index contributed by atoms with van der Waals surface area (Å²) in [7, 11) is 0. The molecule has 3 aromatic rings. The normalized spacial score (nSPS) is 10.9. The first-order valence-corrected chi connectivity index (χ1v) is 6.95. The highest BCUT2D eigenvalue weighted by Gasteiger charge is 2.13. The lowest BCUT2D eigenvalue weighted by Gasteiger charge is -1.90. The number of rotatable bonds is 2. The quantitative estimate of drug-likeness (QED) is 0.779. The van der Waals surface area contributed by atoms with Crippen LogP contribution in [-0.4, -0.2) is 20.2 Å². The fourth-order valence-electron chi connectivity index (χ4n) is 1.33. The van der Waals surface area contributed by atoms with Gasteiger partial charge in [-0.2, -0.15) is 5.10 Å². The Bertz CT molecular complexity index is 644. The molecule has 8 heteroatoms. The molecule has 0 fully saturated rings. The van der Waals surface area contributed by atoms with E-state index in [4.69, 9.17) is 23.2 Å². The predicted octanol–water partition coefficient (Wildman–Crippen LogP) is 3.96. The Morgan fingerprint density at radius 1 is 1.29 bits per heavy atom. The number of nitrogens with one attached hydrogen (secondary N) is 1. The van der Waals surface area contributed by atoms with Crippen molar-refractivity contribution in [1.82, 2.24) is 20.2 Å². The second-order valence-electron chi connectivity index (χ2n) is 3.11. The average molecular weight is 303 g/mol. The van der Waals surface area contributed by atoms with E-state index in [2.05, 4.69) is 20.2 Å². The van der Waals surface area contributed by atoms with Gasteiger partial charge in [-0.05, 0) is 6.07 Å². The van der Waals surface area contributed by atoms with Crippen LogP contribution in [0, 0.1) is 0 Å². The van der Waals surface area contributed by atoms with Crippen molar-refractivity contribution in [2.75, 3.05) is 0 Å². The molecule has 0 aliphatic carbocycles. The van der Waals surface area contributed by atoms with Crippen molar-refractivity contribution in [3.05, 3.63) is 26.4 Å². The van der Waals surface area contributed by atoms with Crippen molar-refractivity contribution in [2.45, 2.75) is 0 Å². The standard InChI is InChI=1S/C9H4Cl2N4S2/c10-6-1-4(7(11)17-6)5-2-16-9(14-5)8-12-3-13-15-8/h1-3H,(H,12,13,15). The van der Waals surface area contributed by atoms with E-state index in [1.54, 1.807) is 0 Å². The predicted molar refractivity (Wildman–Crippen MR) is 70.8 cm³/mol. The van der Waals surface area contributed by atoms with Gasteiger partial charge < -0.3 is 0 Å². The zero-order valence-corrected chi connectivity index (χ0v) is 11.3. The SMILES string of the molecule is Clc1cc(-c2csc(-c3ncn[nH]3)n2)c(Cl)s1. The van der Waals surface area contributed by atoms with Crippen LogP contribution in [0.25, 0.3) is 22.1 Å². The van der Waals surface area contributed by atoms with Crippen LogP contribution in [0.1, 0.15) is 0 Å². The van der Waals surface area contributed by atoms with E-state index in [0.29, 0.717) is 14.5 Å². The first kappa shape index (κ1) is 11.2. The summed E-state index contributed by atoms with van der Waals surface area (Å²) >= 11 is 14.8. The molecule has 0 aliphatic heterocycles. The molecule has 0 unspecified atom stereocenters. The van der Waals surface area contributed by atoms with Crippen LogP contribution >= 0.6 is 45.9 Å². The fraction of sp³-hybridized carbons (Fsp3) is 0. The Balaban J connectivity index is 2.03. The zero-order valence-electron chi connectivity index (χ0n) is 8.15. The van der Waals surface area contributed by atoms with Crippen LogP contribution in [-0.2, 0) is 0 Å². The number of thiophene rings is 1. The summed E-state index contributed by atoms with van der Waals surface area (Å²) in [4.78, 5) is 8.49. The van der Waals surface area contributed by atoms with Gasteiger partial charge in [-0.25, -0.2) is 9.97 Å². The van der Waals surface area contributed by atoms with Gasteiger partial charge in [0.25, 0.3) is 0 Å². The number of aromatic nitrogens is 4. The molecular weight excluding hydrogens is 299 g/mol. The number of hydrogen-bond acceptors (Lipinski definition) is 5. The fourth-order valence-corrected chi connectivity index (χ4v) is 3.57. The maximum atomic E-state index is 6.08. The molecule has 17 heavy (non-hydrogen) atoms. The van der Waals surface area contributed by atoms with E-state index < -0.39 is 0 Å². The van der Waals surface area contributed by atoms with Crippen LogP contribution in [0.5, 0.6) is 0 Å². The minimum Gasteiger partial charge on any atom is -0.257 e. The van der Waals surface area contributed by atoms with Crippen LogP contribution in [0.2, 0.25) is 8.67 Å². The second-order valence-corrected chi connectivity index (χ2v) is 6.25. The number of hydrogen-bond donors (Lipinski definition) is 1. The van der Waals surface area contributed by atoms with Gasteiger partial charge in [-0.3, -0.25) is 5.10 Å². The highest BCUT2D eigenvalue weighted by Crippen LogP contribution is 2.39. The van der Waals surface area contributed by atoms with Crippen molar-refractivity contribution in [3.63, 3.8) is 0 Å². The molecule has 0 saturated carbocycles. The molecule has 0 aromatic carbocycles. The smallest absolute Gasteiger partial charge is 0.184 e. The third-order valence-electron chi connectivity index (χ3n) is 2.05. The molecule has 0 radical (unpaired) electrons. The average Bonchev–Trinajstić information content (AvgIpc) is 2.97. The molecule has 0 amide bonds. The van der Waals surface area contributed by atoms with Gasteiger partial charge in [0.15, 0.2) is 10.8 Å². The Morgan fingerprint density at radius 3 is 2.82 bits per heavy atom. The lowest BCUT2D eigenvalue weighted by atomic mass is 10.3. The summed E-state index contributed by atoms with van der Waals surface area (Å²) in [6.45, 7) is 0. The Morgan fingerprint density at radius 2 is 2.18 bits per heavy atom. The summed E-state index contributed by atoms with van der Waals surface area (Å²) in [5.74, 6) is 0.652. The molecule has 0 spiro atoms. The molecule has 0 aliphatic rings. The monoisotopic (exact) mass is 302 g/mol. The topological polar surface area (TPSA) is 54.5 Å². The molecule has 0 atom stereocenters. The summed E-state index contributed by atoms with van der Waals surface area (Å²) in [5.41, 5.74) is 1.65. The van der Waals surface area contributed by atoms with E-state index in [1.807, 2.05) is 11.4 Å². The van der Waals surface area contributed by atoms with Gasteiger partial charge in [0.05, 0.1) is 10.0 Å². The minimum absolute atomic E-state index is 0.643. The van der Waals surface area contributed by atoms with Gasteiger partial charge in [0.2, 0.25) is 0 Å². The molecule has 0 bridgehead atoms. The minimum atomic E-state index is 0.643. The lowest BCUT2D eigenvalue weighted by molar-refractivity contribution is 1.09. The number of thiazole rings is 1. The van der Waals surface area contributed by atoms with Crippen molar-refractivity contribution >= 4 is 45.9 Å². The number of nitrogens with zero attached hydrogens (tertiary/aromatic N) is 3. The highest BCUT2D eigenvalue weighted by atomic mass is 35.5. The Kier molecular flexibility index (Phi) is 2.87. The first-order chi connectivity index (χ1) is 8.24. The van der Waals surface area contributed by atoms with Gasteiger partial charge in [-0.1, -0.05) is 23.2 Å². The van der Waals surface area contributed by atoms with E-state index in [9.17, 15) is 0 Å². The van der Waals surface area contributed by atoms with E-state index in [-0.39, 0.29) is 0 Å². The summed E-state index contributed by atoms with van der Waals surface area (Å²) < 4.78 is 1.30. The molecule has 0 saturated heterocycles. The largest absolute Gasteiger partial charge is 0.257 e. The van der Waals surface area contributed by atoms with Crippen molar-refractivity contribution < 1.29 is 0 Å². The maximum absolute atomic E-state index is 6.08. The van der Waals surface area contributed by atoms with Gasteiger partial charge in [0, 0.05) is 10.9 Å². The van der Waals surface area contributed by atoms with Crippen molar-refractivity contribution in [3.8, 4) is 22.1 Å². The van der Waals surface area contributed by atoms with Gasteiger partial charge in [0.1, 0.15) is 10.7 Å². The maximum Gasteiger partial charge on any atom is 0.184 e. The third-order valence-corrected chi connectivity index (χ3v) is 4.39. The van der Waals surface area contributed by atoms with Gasteiger partial charge in [-0.15, -0.1) is 22.7 Å². The number of aromatic amines is 1. The molecule has 1 N–H and O–H groups in total. The molecule has 4 nitrogen and oxygen atoms in total. The van der Waals surface area contributed by atoms with Crippen LogP contribution in [0.15, 0.2) is 17.8 Å². The van der Waals surface area contributed by atoms with E-state index in [0.717, 1.165) is 16.3 Å². The van der Waals surface area contributed by atoms with E-state index in [1.165, 1.54) is 29.0 Å². The third kappa shape index (κ3) is 2.09. The van der Waals surface area contributed by atoms with Crippen LogP contribution in [0.4, 0.5) is 0 Å². The summed E-state index contributed by atoms with van der Waals surface area (Å²) in [5, 5.41) is 9.25. The highest BCUT2D eigenvalue weighted by molar-refractivity contribution is 7.20. The first-order valence-electron chi connectivity index (χ1n) is 4.50. The number of H-pyrrole nitrogens is 1. The number of halogens is 2. The van der Waals surface area contributed by atoms with Crippen molar-refractivity contribution in [1.29, 1.82) is 0 Å². The Hall–Kier alpha value is -0.950. The van der Waals surface area contributed by atoms with Gasteiger partial charge >= 0.3 is 0 Å². The summed E-state index contributed by atoms with van der Waals surface area (Å²) in [6, 6.07) is 1.81. The molecule has 86 valence electrons. The molecule has 3 aromatic heterocycles. The zero-order chi connectivity index (χ0) is 11.8. The second kappa shape index (κ2) is 4.38. The lowest BCUT2D eigenvalue weighted by Crippen LogP contribution is -1.80. The molecule has 3 rings (SSSR count). The van der Waals surface area contributed by atoms with E-state index >= 15 is 0 Å². The molecule has 3 heterocycles. The molecular formula is C9H4Cl2N4S2.